The van der Waals surface area contributed by atoms with Crippen LogP contribution in [0.2, 0.25) is 0 Å². The van der Waals surface area contributed by atoms with Crippen LogP contribution in [0.4, 0.5) is 5.69 Å². The number of morpholine rings is 1. The van der Waals surface area contributed by atoms with Crippen molar-refractivity contribution in [1.82, 2.24) is 4.31 Å². The van der Waals surface area contributed by atoms with Crippen LogP contribution in [0.3, 0.4) is 0 Å². The van der Waals surface area contributed by atoms with Gasteiger partial charge in [0.25, 0.3) is 5.91 Å². The second-order valence-corrected chi connectivity index (χ2v) is 10.1. The van der Waals surface area contributed by atoms with Crippen molar-refractivity contribution >= 4 is 21.6 Å². The van der Waals surface area contributed by atoms with Gasteiger partial charge in [-0.3, -0.25) is 4.79 Å². The van der Waals surface area contributed by atoms with Gasteiger partial charge in [0, 0.05) is 24.3 Å². The minimum Gasteiger partial charge on any atom is -0.476 e. The van der Waals surface area contributed by atoms with Crippen LogP contribution in [-0.4, -0.2) is 44.9 Å². The Balaban J connectivity index is 1.56. The molecule has 1 fully saturated rings. The Kier molecular flexibility index (Phi) is 7.31. The first-order valence-electron chi connectivity index (χ1n) is 11.1. The number of aryl methyl sites for hydroxylation is 2. The predicted octanol–water partition coefficient (Wildman–Crippen LogP) is 4.08. The molecule has 178 valence electrons. The maximum Gasteiger partial charge on any atom is 0.270 e. The van der Waals surface area contributed by atoms with E-state index < -0.39 is 16.1 Å². The number of ether oxygens (including phenoxy) is 2. The fourth-order valence-corrected chi connectivity index (χ4v) is 5.14. The summed E-state index contributed by atoms with van der Waals surface area (Å²) in [5.74, 6) is 0.0795. The van der Waals surface area contributed by atoms with Gasteiger partial charge in [-0.25, -0.2) is 8.42 Å². The minimum atomic E-state index is -3.61. The van der Waals surface area contributed by atoms with Crippen molar-refractivity contribution < 1.29 is 22.7 Å². The summed E-state index contributed by atoms with van der Waals surface area (Å²) in [7, 11) is -3.61. The molecule has 1 amide bonds. The Labute approximate surface area is 200 Å². The van der Waals surface area contributed by atoms with E-state index in [4.69, 9.17) is 9.47 Å². The molecule has 0 radical (unpaired) electrons. The lowest BCUT2D eigenvalue weighted by atomic mass is 10.1. The summed E-state index contributed by atoms with van der Waals surface area (Å²) in [6.45, 7) is 5.32. The Bertz CT molecular complexity index is 1240. The molecule has 0 bridgehead atoms. The molecule has 1 aliphatic heterocycles. The summed E-state index contributed by atoms with van der Waals surface area (Å²) in [4.78, 5) is 13.4. The molecular weight excluding hydrogens is 452 g/mol. The third kappa shape index (κ3) is 5.47. The maximum absolute atomic E-state index is 13.3. The molecule has 1 N–H and O–H groups in total. The zero-order chi connectivity index (χ0) is 24.1. The van der Waals surface area contributed by atoms with E-state index in [9.17, 15) is 13.2 Å². The van der Waals surface area contributed by atoms with Crippen LogP contribution in [0.5, 0.6) is 5.75 Å². The summed E-state index contributed by atoms with van der Waals surface area (Å²) in [5, 5.41) is 2.97. The number of rotatable bonds is 7. The monoisotopic (exact) mass is 480 g/mol. The molecule has 0 aliphatic carbocycles. The Morgan fingerprint density at radius 3 is 2.32 bits per heavy atom. The van der Waals surface area contributed by atoms with E-state index in [-0.39, 0.29) is 10.8 Å². The topological polar surface area (TPSA) is 84.9 Å². The number of sulfonamides is 1. The molecule has 34 heavy (non-hydrogen) atoms. The second-order valence-electron chi connectivity index (χ2n) is 8.20. The predicted molar refractivity (Wildman–Crippen MR) is 130 cm³/mol. The number of benzene rings is 3. The molecule has 1 aliphatic rings. The molecule has 7 nitrogen and oxygen atoms in total. The maximum atomic E-state index is 13.3. The van der Waals surface area contributed by atoms with Gasteiger partial charge in [0.05, 0.1) is 18.1 Å². The van der Waals surface area contributed by atoms with E-state index in [0.717, 1.165) is 16.8 Å². The first kappa shape index (κ1) is 23.9. The van der Waals surface area contributed by atoms with Crippen molar-refractivity contribution in [2.75, 3.05) is 31.6 Å². The zero-order valence-electron chi connectivity index (χ0n) is 19.2. The number of nitrogens with zero attached hydrogens (tertiary/aromatic N) is 1. The SMILES string of the molecule is Cc1ccc(C)c(NC(=O)C(Oc2ccc(S(=O)(=O)N3CCOCC3)cc2)c2ccccc2)c1. The normalized spacial score (nSPS) is 15.5. The first-order valence-corrected chi connectivity index (χ1v) is 12.6. The summed E-state index contributed by atoms with van der Waals surface area (Å²) in [6, 6.07) is 21.2. The minimum absolute atomic E-state index is 0.179. The van der Waals surface area contributed by atoms with Gasteiger partial charge in [-0.05, 0) is 55.3 Å². The van der Waals surface area contributed by atoms with Crippen molar-refractivity contribution in [2.24, 2.45) is 0 Å². The Morgan fingerprint density at radius 1 is 0.971 bits per heavy atom. The molecule has 0 spiro atoms. The van der Waals surface area contributed by atoms with E-state index in [1.54, 1.807) is 12.1 Å². The highest BCUT2D eigenvalue weighted by Gasteiger charge is 2.27. The lowest BCUT2D eigenvalue weighted by Gasteiger charge is -2.26. The Hall–Kier alpha value is -3.20. The molecule has 1 heterocycles. The molecule has 1 atom stereocenters. The van der Waals surface area contributed by atoms with E-state index in [0.29, 0.717) is 37.6 Å². The zero-order valence-corrected chi connectivity index (χ0v) is 20.0. The third-order valence-electron chi connectivity index (χ3n) is 5.68. The number of hydrogen-bond acceptors (Lipinski definition) is 5. The van der Waals surface area contributed by atoms with Crippen LogP contribution in [0.25, 0.3) is 0 Å². The van der Waals surface area contributed by atoms with Crippen molar-refractivity contribution in [3.63, 3.8) is 0 Å². The highest BCUT2D eigenvalue weighted by atomic mass is 32.2. The molecule has 0 saturated carbocycles. The fraction of sp³-hybridized carbons (Fsp3) is 0.269. The number of nitrogens with one attached hydrogen (secondary N) is 1. The van der Waals surface area contributed by atoms with Gasteiger partial charge in [-0.1, -0.05) is 42.5 Å². The smallest absolute Gasteiger partial charge is 0.270 e. The summed E-state index contributed by atoms with van der Waals surface area (Å²) in [5.41, 5.74) is 3.40. The van der Waals surface area contributed by atoms with Crippen molar-refractivity contribution in [2.45, 2.75) is 24.8 Å². The number of carbonyl (C=O) groups excluding carboxylic acids is 1. The third-order valence-corrected chi connectivity index (χ3v) is 7.59. The van der Waals surface area contributed by atoms with E-state index in [1.807, 2.05) is 62.4 Å². The summed E-state index contributed by atoms with van der Waals surface area (Å²) >= 11 is 0. The van der Waals surface area contributed by atoms with Crippen molar-refractivity contribution in [3.8, 4) is 5.75 Å². The largest absolute Gasteiger partial charge is 0.476 e. The molecule has 8 heteroatoms. The molecule has 3 aromatic rings. The van der Waals surface area contributed by atoms with Gasteiger partial charge in [-0.2, -0.15) is 4.31 Å². The van der Waals surface area contributed by atoms with Gasteiger partial charge in [0.2, 0.25) is 16.1 Å². The lowest BCUT2D eigenvalue weighted by Crippen LogP contribution is -2.40. The number of carbonyl (C=O) groups is 1. The van der Waals surface area contributed by atoms with Gasteiger partial charge < -0.3 is 14.8 Å². The fourth-order valence-electron chi connectivity index (χ4n) is 3.73. The molecule has 1 unspecified atom stereocenters. The van der Waals surface area contributed by atoms with Gasteiger partial charge >= 0.3 is 0 Å². The molecule has 1 saturated heterocycles. The molecule has 4 rings (SSSR count). The average Bonchev–Trinajstić information content (AvgIpc) is 2.86. The molecule has 0 aromatic heterocycles. The van der Waals surface area contributed by atoms with E-state index >= 15 is 0 Å². The van der Waals surface area contributed by atoms with Crippen LogP contribution in [0.15, 0.2) is 77.7 Å². The number of anilines is 1. The lowest BCUT2D eigenvalue weighted by molar-refractivity contribution is -0.123. The first-order chi connectivity index (χ1) is 16.3. The highest BCUT2D eigenvalue weighted by molar-refractivity contribution is 7.89. The van der Waals surface area contributed by atoms with Gasteiger partial charge in [0.1, 0.15) is 5.75 Å². The average molecular weight is 481 g/mol. The second kappa shape index (κ2) is 10.4. The van der Waals surface area contributed by atoms with Crippen LogP contribution < -0.4 is 10.1 Å². The van der Waals surface area contributed by atoms with Gasteiger partial charge in [0.15, 0.2) is 0 Å². The standard InChI is InChI=1S/C26H28N2O5S/c1-19-8-9-20(2)24(18-19)27-26(29)25(21-6-4-3-5-7-21)33-22-10-12-23(13-11-22)34(30,31)28-14-16-32-17-15-28/h3-13,18,25H,14-17H2,1-2H3,(H,27,29). The van der Waals surface area contributed by atoms with E-state index in [2.05, 4.69) is 5.32 Å². The summed E-state index contributed by atoms with van der Waals surface area (Å²) in [6.07, 6.45) is -0.914. The van der Waals surface area contributed by atoms with Crippen LogP contribution >= 0.6 is 0 Å². The quantitative estimate of drug-likeness (QED) is 0.551. The van der Waals surface area contributed by atoms with E-state index in [1.165, 1.54) is 16.4 Å². The Morgan fingerprint density at radius 2 is 1.65 bits per heavy atom. The molecular formula is C26H28N2O5S. The summed E-state index contributed by atoms with van der Waals surface area (Å²) < 4.78 is 38.5. The van der Waals surface area contributed by atoms with Crippen molar-refractivity contribution in [3.05, 3.63) is 89.5 Å². The van der Waals surface area contributed by atoms with Gasteiger partial charge in [-0.15, -0.1) is 0 Å². The van der Waals surface area contributed by atoms with Crippen LogP contribution in [0.1, 0.15) is 22.8 Å². The van der Waals surface area contributed by atoms with Crippen LogP contribution in [-0.2, 0) is 19.6 Å². The number of amides is 1. The number of hydrogen-bond donors (Lipinski definition) is 1. The van der Waals surface area contributed by atoms with Crippen molar-refractivity contribution in [1.29, 1.82) is 0 Å². The highest BCUT2D eigenvalue weighted by Crippen LogP contribution is 2.27. The van der Waals surface area contributed by atoms with Crippen LogP contribution in [0, 0.1) is 13.8 Å². The molecule has 3 aromatic carbocycles.